The van der Waals surface area contributed by atoms with Crippen LogP contribution in [0.3, 0.4) is 0 Å². The topological polar surface area (TPSA) is 93.4 Å². The molecule has 122 valence electrons. The van der Waals surface area contributed by atoms with Crippen LogP contribution >= 0.6 is 0 Å². The van der Waals surface area contributed by atoms with Crippen molar-refractivity contribution in [2.75, 3.05) is 26.7 Å². The van der Waals surface area contributed by atoms with Gasteiger partial charge >= 0.3 is 0 Å². The monoisotopic (exact) mass is 315 g/mol. The second-order valence-electron chi connectivity index (χ2n) is 4.50. The van der Waals surface area contributed by atoms with Crippen LogP contribution in [0.2, 0.25) is 0 Å². The molecule has 0 saturated carbocycles. The number of hydrogen-bond acceptors (Lipinski definition) is 4. The highest BCUT2D eigenvalue weighted by Crippen LogP contribution is 2.11. The lowest BCUT2D eigenvalue weighted by atomic mass is 10.2. The van der Waals surface area contributed by atoms with Gasteiger partial charge in [-0.05, 0) is 12.1 Å². The molecule has 0 aliphatic carbocycles. The molecule has 0 saturated heterocycles. The lowest BCUT2D eigenvalue weighted by molar-refractivity contribution is -0.123. The highest BCUT2D eigenvalue weighted by atomic mass is 19.1. The van der Waals surface area contributed by atoms with Crippen molar-refractivity contribution in [3.8, 4) is 0 Å². The van der Waals surface area contributed by atoms with Crippen molar-refractivity contribution >= 4 is 11.8 Å². The molecule has 1 unspecified atom stereocenters. The fourth-order valence-electron chi connectivity index (χ4n) is 1.72. The molecule has 1 aromatic rings. The summed E-state index contributed by atoms with van der Waals surface area (Å²) in [5, 5.41) is 4.87. The van der Waals surface area contributed by atoms with Gasteiger partial charge in [-0.25, -0.2) is 8.78 Å². The number of hydrogen-bond donors (Lipinski definition) is 3. The number of carbonyl (C=O) groups excluding carboxylic acids is 2. The van der Waals surface area contributed by atoms with Gasteiger partial charge < -0.3 is 21.1 Å². The van der Waals surface area contributed by atoms with Crippen molar-refractivity contribution in [2.24, 2.45) is 5.73 Å². The summed E-state index contributed by atoms with van der Waals surface area (Å²) in [7, 11) is 1.45. The van der Waals surface area contributed by atoms with Crippen LogP contribution in [0.4, 0.5) is 8.78 Å². The smallest absolute Gasteiger partial charge is 0.257 e. The van der Waals surface area contributed by atoms with Crippen LogP contribution in [-0.4, -0.2) is 44.7 Å². The summed E-state index contributed by atoms with van der Waals surface area (Å²) in [6.45, 7) is 0.382. The number of halogens is 2. The minimum Gasteiger partial charge on any atom is -0.380 e. The zero-order valence-corrected chi connectivity index (χ0v) is 12.2. The van der Waals surface area contributed by atoms with E-state index in [9.17, 15) is 18.4 Å². The molecular formula is C14H19F2N3O3. The van der Waals surface area contributed by atoms with Gasteiger partial charge in [-0.15, -0.1) is 0 Å². The number of amides is 2. The molecule has 0 heterocycles. The summed E-state index contributed by atoms with van der Waals surface area (Å²) < 4.78 is 31.7. The zero-order chi connectivity index (χ0) is 16.5. The maximum absolute atomic E-state index is 13.4. The zero-order valence-electron chi connectivity index (χ0n) is 12.2. The molecule has 22 heavy (non-hydrogen) atoms. The molecular weight excluding hydrogens is 296 g/mol. The van der Waals surface area contributed by atoms with E-state index in [1.807, 2.05) is 0 Å². The third kappa shape index (κ3) is 5.38. The molecule has 2 amide bonds. The van der Waals surface area contributed by atoms with Gasteiger partial charge in [0.25, 0.3) is 5.91 Å². The largest absolute Gasteiger partial charge is 0.380 e. The molecule has 0 spiro atoms. The molecule has 8 heteroatoms. The SMILES string of the molecule is COC(CN)CC(=O)NCCNC(=O)c1c(F)cccc1F. The van der Waals surface area contributed by atoms with Crippen LogP contribution < -0.4 is 16.4 Å². The van der Waals surface area contributed by atoms with E-state index in [1.54, 1.807) is 0 Å². The van der Waals surface area contributed by atoms with Gasteiger partial charge in [0.2, 0.25) is 5.91 Å². The molecule has 1 rings (SSSR count). The molecule has 0 fully saturated rings. The van der Waals surface area contributed by atoms with Crippen molar-refractivity contribution in [3.05, 3.63) is 35.4 Å². The summed E-state index contributed by atoms with van der Waals surface area (Å²) in [6.07, 6.45) is -0.273. The molecule has 6 nitrogen and oxygen atoms in total. The van der Waals surface area contributed by atoms with Crippen molar-refractivity contribution in [2.45, 2.75) is 12.5 Å². The summed E-state index contributed by atoms with van der Waals surface area (Å²) in [6, 6.07) is 3.17. The summed E-state index contributed by atoms with van der Waals surface area (Å²) in [4.78, 5) is 23.2. The first-order valence-corrected chi connectivity index (χ1v) is 6.71. The molecule has 1 aromatic carbocycles. The van der Waals surface area contributed by atoms with Gasteiger partial charge in [0.05, 0.1) is 12.5 Å². The van der Waals surface area contributed by atoms with Crippen molar-refractivity contribution < 1.29 is 23.1 Å². The van der Waals surface area contributed by atoms with E-state index in [2.05, 4.69) is 10.6 Å². The average molecular weight is 315 g/mol. The van der Waals surface area contributed by atoms with Crippen LogP contribution in [0.15, 0.2) is 18.2 Å². The Balaban J connectivity index is 2.36. The quantitative estimate of drug-likeness (QED) is 0.596. The van der Waals surface area contributed by atoms with E-state index in [-0.39, 0.29) is 38.1 Å². The maximum Gasteiger partial charge on any atom is 0.257 e. The molecule has 0 aliphatic heterocycles. The highest BCUT2D eigenvalue weighted by molar-refractivity contribution is 5.94. The van der Waals surface area contributed by atoms with E-state index in [1.165, 1.54) is 13.2 Å². The Kier molecular flexibility index (Phi) is 7.41. The summed E-state index contributed by atoms with van der Waals surface area (Å²) in [5.41, 5.74) is 4.74. The normalized spacial score (nSPS) is 11.8. The molecule has 0 bridgehead atoms. The predicted octanol–water partition coefficient (Wildman–Crippen LogP) is 0.175. The fraction of sp³-hybridized carbons (Fsp3) is 0.429. The van der Waals surface area contributed by atoms with E-state index in [0.29, 0.717) is 0 Å². The fourth-order valence-corrected chi connectivity index (χ4v) is 1.72. The Morgan fingerprint density at radius 2 is 1.82 bits per heavy atom. The lowest BCUT2D eigenvalue weighted by Crippen LogP contribution is -2.37. The third-order valence-corrected chi connectivity index (χ3v) is 2.93. The molecule has 0 radical (unpaired) electrons. The molecule has 4 N–H and O–H groups in total. The van der Waals surface area contributed by atoms with Gasteiger partial charge in [-0.1, -0.05) is 6.07 Å². The highest BCUT2D eigenvalue weighted by Gasteiger charge is 2.16. The van der Waals surface area contributed by atoms with E-state index in [0.717, 1.165) is 12.1 Å². The Morgan fingerprint density at radius 3 is 2.36 bits per heavy atom. The first-order valence-electron chi connectivity index (χ1n) is 6.71. The van der Waals surface area contributed by atoms with Gasteiger partial charge in [0, 0.05) is 26.7 Å². The van der Waals surface area contributed by atoms with Crippen LogP contribution in [0.1, 0.15) is 16.8 Å². The van der Waals surface area contributed by atoms with Gasteiger partial charge in [0.1, 0.15) is 17.2 Å². The minimum absolute atomic E-state index is 0.0403. The van der Waals surface area contributed by atoms with Gasteiger partial charge in [-0.2, -0.15) is 0 Å². The third-order valence-electron chi connectivity index (χ3n) is 2.93. The Bertz CT molecular complexity index is 502. The predicted molar refractivity (Wildman–Crippen MR) is 76.2 cm³/mol. The van der Waals surface area contributed by atoms with Crippen LogP contribution in [-0.2, 0) is 9.53 Å². The van der Waals surface area contributed by atoms with Crippen LogP contribution in [0.5, 0.6) is 0 Å². The summed E-state index contributed by atoms with van der Waals surface area (Å²) in [5.74, 6) is -3.04. The second-order valence-corrected chi connectivity index (χ2v) is 4.50. The number of rotatable bonds is 8. The molecule has 0 aliphatic rings. The van der Waals surface area contributed by atoms with Gasteiger partial charge in [0.15, 0.2) is 0 Å². The standard InChI is InChI=1S/C14H19F2N3O3/c1-22-9(8-17)7-12(20)18-5-6-19-14(21)13-10(15)3-2-4-11(13)16/h2-4,9H,5-8,17H2,1H3,(H,18,20)(H,19,21). The Morgan fingerprint density at radius 1 is 1.23 bits per heavy atom. The lowest BCUT2D eigenvalue weighted by Gasteiger charge is -2.13. The summed E-state index contributed by atoms with van der Waals surface area (Å²) >= 11 is 0. The van der Waals surface area contributed by atoms with E-state index >= 15 is 0 Å². The molecule has 0 aromatic heterocycles. The number of benzene rings is 1. The van der Waals surface area contributed by atoms with Gasteiger partial charge in [-0.3, -0.25) is 9.59 Å². The van der Waals surface area contributed by atoms with Crippen molar-refractivity contribution in [3.63, 3.8) is 0 Å². The number of nitrogens with two attached hydrogens (primary N) is 1. The van der Waals surface area contributed by atoms with Crippen LogP contribution in [0.25, 0.3) is 0 Å². The van der Waals surface area contributed by atoms with E-state index in [4.69, 9.17) is 10.5 Å². The van der Waals surface area contributed by atoms with Crippen molar-refractivity contribution in [1.29, 1.82) is 0 Å². The Hall–Kier alpha value is -2.06. The molecule has 1 atom stereocenters. The first-order chi connectivity index (χ1) is 10.5. The average Bonchev–Trinajstić information content (AvgIpc) is 2.49. The first kappa shape index (κ1) is 18.0. The Labute approximate surface area is 127 Å². The number of ether oxygens (including phenoxy) is 1. The van der Waals surface area contributed by atoms with E-state index < -0.39 is 23.1 Å². The number of nitrogens with one attached hydrogen (secondary N) is 2. The van der Waals surface area contributed by atoms with Crippen LogP contribution in [0, 0.1) is 11.6 Å². The number of carbonyl (C=O) groups is 2. The minimum atomic E-state index is -0.938. The van der Waals surface area contributed by atoms with Crippen molar-refractivity contribution in [1.82, 2.24) is 10.6 Å². The maximum atomic E-state index is 13.4. The second kappa shape index (κ2) is 9.06. The number of methoxy groups -OCH3 is 1.